The van der Waals surface area contributed by atoms with Gasteiger partial charge < -0.3 is 10.0 Å². The predicted molar refractivity (Wildman–Crippen MR) is 75.5 cm³/mol. The molecule has 0 aliphatic heterocycles. The van der Waals surface area contributed by atoms with Crippen LogP contribution in [0.25, 0.3) is 10.1 Å². The number of hydrogen-bond donors (Lipinski definition) is 1. The highest BCUT2D eigenvalue weighted by Gasteiger charge is 2.39. The lowest BCUT2D eigenvalue weighted by molar-refractivity contribution is -0.205. The first kappa shape index (κ1) is 16.7. The molecule has 1 aromatic heterocycles. The normalized spacial score (nSPS) is 13.4. The van der Waals surface area contributed by atoms with Gasteiger partial charge in [0.05, 0.1) is 11.4 Å². The fourth-order valence-electron chi connectivity index (χ4n) is 2.08. The van der Waals surface area contributed by atoms with Gasteiger partial charge in [0.15, 0.2) is 6.10 Å². The molecule has 1 atom stereocenters. The highest BCUT2D eigenvalue weighted by Crippen LogP contribution is 2.33. The zero-order valence-corrected chi connectivity index (χ0v) is 12.6. The molecule has 1 heterocycles. The van der Waals surface area contributed by atoms with Crippen LogP contribution in [0.5, 0.6) is 0 Å². The summed E-state index contributed by atoms with van der Waals surface area (Å²) >= 11 is 1.01. The van der Waals surface area contributed by atoms with Gasteiger partial charge in [-0.25, -0.2) is 4.39 Å². The van der Waals surface area contributed by atoms with Gasteiger partial charge in [-0.1, -0.05) is 6.07 Å². The van der Waals surface area contributed by atoms with E-state index in [0.717, 1.165) is 23.3 Å². The van der Waals surface area contributed by atoms with Crippen molar-refractivity contribution in [3.63, 3.8) is 0 Å². The first-order chi connectivity index (χ1) is 10.1. The number of halogens is 4. The summed E-state index contributed by atoms with van der Waals surface area (Å²) in [6.45, 7) is 0.668. The highest BCUT2D eigenvalue weighted by atomic mass is 32.1. The average Bonchev–Trinajstić information content (AvgIpc) is 2.75. The second-order valence-corrected chi connectivity index (χ2v) is 5.96. The Morgan fingerprint density at radius 3 is 2.59 bits per heavy atom. The maximum absolute atomic E-state index is 13.8. The van der Waals surface area contributed by atoms with Crippen molar-refractivity contribution in [3.05, 3.63) is 34.5 Å². The van der Waals surface area contributed by atoms with Gasteiger partial charge in [0.25, 0.3) is 5.91 Å². The van der Waals surface area contributed by atoms with Crippen LogP contribution in [0.15, 0.2) is 18.2 Å². The Balaban J connectivity index is 2.30. The molecule has 1 N–H and O–H groups in total. The molecular formula is C14H13F4NO2S. The van der Waals surface area contributed by atoms with Crippen molar-refractivity contribution >= 4 is 27.3 Å². The number of aliphatic hydroxyl groups excluding tert-OH is 1. The molecule has 2 rings (SSSR count). The second kappa shape index (κ2) is 5.85. The van der Waals surface area contributed by atoms with Gasteiger partial charge in [-0.15, -0.1) is 11.3 Å². The minimum Gasteiger partial charge on any atom is -0.382 e. The molecule has 2 aromatic rings. The van der Waals surface area contributed by atoms with Crippen molar-refractivity contribution in [1.82, 2.24) is 4.90 Å². The van der Waals surface area contributed by atoms with Gasteiger partial charge >= 0.3 is 6.18 Å². The molecule has 0 saturated heterocycles. The summed E-state index contributed by atoms with van der Waals surface area (Å²) < 4.78 is 51.4. The van der Waals surface area contributed by atoms with Crippen molar-refractivity contribution in [1.29, 1.82) is 0 Å². The standard InChI is InChI=1S/C14H13F4NO2S/c1-7-11-8(15)4-3-5-9(11)22-12(7)13(21)19(2)6-10(20)14(16,17)18/h3-5,10,20H,6H2,1-2H3. The van der Waals surface area contributed by atoms with Crippen molar-refractivity contribution in [2.75, 3.05) is 13.6 Å². The maximum Gasteiger partial charge on any atom is 0.416 e. The summed E-state index contributed by atoms with van der Waals surface area (Å²) in [6, 6.07) is 4.39. The van der Waals surface area contributed by atoms with Gasteiger partial charge in [-0.2, -0.15) is 13.2 Å². The smallest absolute Gasteiger partial charge is 0.382 e. The summed E-state index contributed by atoms with van der Waals surface area (Å²) in [7, 11) is 1.16. The highest BCUT2D eigenvalue weighted by molar-refractivity contribution is 7.21. The minimum atomic E-state index is -4.80. The van der Waals surface area contributed by atoms with Gasteiger partial charge in [0.1, 0.15) is 5.82 Å². The van der Waals surface area contributed by atoms with Crippen LogP contribution in [0.2, 0.25) is 0 Å². The number of aliphatic hydroxyl groups is 1. The summed E-state index contributed by atoms with van der Waals surface area (Å²) in [6.07, 6.45) is -7.41. The number of benzene rings is 1. The van der Waals surface area contributed by atoms with Crippen LogP contribution in [-0.4, -0.2) is 41.8 Å². The molecule has 0 spiro atoms. The number of aryl methyl sites for hydroxylation is 1. The molecule has 22 heavy (non-hydrogen) atoms. The van der Waals surface area contributed by atoms with Crippen LogP contribution in [-0.2, 0) is 0 Å². The van der Waals surface area contributed by atoms with E-state index >= 15 is 0 Å². The quantitative estimate of drug-likeness (QED) is 0.874. The molecule has 1 aromatic carbocycles. The Morgan fingerprint density at radius 1 is 1.41 bits per heavy atom. The van der Waals surface area contributed by atoms with E-state index in [-0.39, 0.29) is 4.88 Å². The number of carbonyl (C=O) groups is 1. The SMILES string of the molecule is Cc1c(C(=O)N(C)CC(O)C(F)(F)F)sc2cccc(F)c12. The van der Waals surface area contributed by atoms with Gasteiger partial charge in [0.2, 0.25) is 0 Å². The van der Waals surface area contributed by atoms with Crippen molar-refractivity contribution < 1.29 is 27.5 Å². The van der Waals surface area contributed by atoms with E-state index in [2.05, 4.69) is 0 Å². The van der Waals surface area contributed by atoms with Crippen molar-refractivity contribution in [2.45, 2.75) is 19.2 Å². The number of amides is 1. The second-order valence-electron chi connectivity index (χ2n) is 4.91. The molecule has 8 heteroatoms. The Hall–Kier alpha value is -1.67. The predicted octanol–water partition coefficient (Wildman–Crippen LogP) is 3.34. The van der Waals surface area contributed by atoms with Crippen LogP contribution in [0.3, 0.4) is 0 Å². The number of hydrogen-bond acceptors (Lipinski definition) is 3. The number of carbonyl (C=O) groups excluding carboxylic acids is 1. The molecule has 3 nitrogen and oxygen atoms in total. The lowest BCUT2D eigenvalue weighted by atomic mass is 10.1. The Morgan fingerprint density at radius 2 is 2.05 bits per heavy atom. The third-order valence-corrected chi connectivity index (χ3v) is 4.51. The lowest BCUT2D eigenvalue weighted by Gasteiger charge is -2.22. The van der Waals surface area contributed by atoms with E-state index in [1.54, 1.807) is 13.0 Å². The fraction of sp³-hybridized carbons (Fsp3) is 0.357. The van der Waals surface area contributed by atoms with E-state index in [1.165, 1.54) is 12.1 Å². The molecular weight excluding hydrogens is 322 g/mol. The Labute approximate surface area is 127 Å². The number of thiophene rings is 1. The van der Waals surface area contributed by atoms with Crippen LogP contribution in [0, 0.1) is 12.7 Å². The molecule has 1 unspecified atom stereocenters. The third kappa shape index (κ3) is 3.07. The third-order valence-electron chi connectivity index (χ3n) is 3.27. The molecule has 0 bridgehead atoms. The fourth-order valence-corrected chi connectivity index (χ4v) is 3.29. The number of likely N-dealkylation sites (N-methyl/N-ethyl adjacent to an activating group) is 1. The summed E-state index contributed by atoms with van der Waals surface area (Å²) in [4.78, 5) is 13.2. The molecule has 0 saturated carbocycles. The van der Waals surface area contributed by atoms with E-state index in [9.17, 15) is 22.4 Å². The first-order valence-corrected chi connectivity index (χ1v) is 7.12. The number of rotatable bonds is 3. The molecule has 0 aliphatic carbocycles. The molecule has 0 aliphatic rings. The molecule has 0 radical (unpaired) electrons. The number of fused-ring (bicyclic) bond motifs is 1. The summed E-state index contributed by atoms with van der Waals surface area (Å²) in [5.41, 5.74) is 0.386. The van der Waals surface area contributed by atoms with Crippen molar-refractivity contribution in [3.8, 4) is 0 Å². The van der Waals surface area contributed by atoms with Crippen molar-refractivity contribution in [2.24, 2.45) is 0 Å². The molecule has 1 amide bonds. The van der Waals surface area contributed by atoms with Crippen LogP contribution >= 0.6 is 11.3 Å². The lowest BCUT2D eigenvalue weighted by Crippen LogP contribution is -2.41. The van der Waals surface area contributed by atoms with Gasteiger partial charge in [-0.05, 0) is 24.6 Å². The summed E-state index contributed by atoms with van der Waals surface area (Å²) in [5.74, 6) is -1.16. The summed E-state index contributed by atoms with van der Waals surface area (Å²) in [5, 5.41) is 9.32. The number of alkyl halides is 3. The van der Waals surface area contributed by atoms with Crippen LogP contribution in [0.1, 0.15) is 15.2 Å². The van der Waals surface area contributed by atoms with Crippen LogP contribution < -0.4 is 0 Å². The topological polar surface area (TPSA) is 40.5 Å². The monoisotopic (exact) mass is 335 g/mol. The van der Waals surface area contributed by atoms with E-state index in [1.807, 2.05) is 0 Å². The number of nitrogens with zero attached hydrogens (tertiary/aromatic N) is 1. The zero-order valence-electron chi connectivity index (χ0n) is 11.7. The molecule has 0 fully saturated rings. The minimum absolute atomic E-state index is 0.164. The van der Waals surface area contributed by atoms with E-state index < -0.39 is 30.5 Å². The van der Waals surface area contributed by atoms with E-state index in [0.29, 0.717) is 15.6 Å². The zero-order chi connectivity index (χ0) is 16.7. The van der Waals surface area contributed by atoms with Crippen LogP contribution in [0.4, 0.5) is 17.6 Å². The Bertz CT molecular complexity index is 711. The van der Waals surface area contributed by atoms with Gasteiger partial charge in [0, 0.05) is 17.1 Å². The molecule has 120 valence electrons. The van der Waals surface area contributed by atoms with E-state index in [4.69, 9.17) is 5.11 Å². The first-order valence-electron chi connectivity index (χ1n) is 6.30. The largest absolute Gasteiger partial charge is 0.416 e. The Kier molecular flexibility index (Phi) is 4.44. The van der Waals surface area contributed by atoms with Gasteiger partial charge in [-0.3, -0.25) is 4.79 Å². The average molecular weight is 335 g/mol. The maximum atomic E-state index is 13.8.